The van der Waals surface area contributed by atoms with Crippen LogP contribution in [0.3, 0.4) is 0 Å². The van der Waals surface area contributed by atoms with Crippen LogP contribution in [0.15, 0.2) is 48.5 Å². The Morgan fingerprint density at radius 3 is 1.51 bits per heavy atom. The second-order valence-electron chi connectivity index (χ2n) is 8.62. The number of hydrogen-bond donors (Lipinski definition) is 0. The first-order chi connectivity index (χ1) is 18.1. The minimum Gasteiger partial charge on any atom is -0.381 e. The largest absolute Gasteiger partial charge is 0.381 e. The van der Waals surface area contributed by atoms with Crippen LogP contribution in [0, 0.1) is 0 Å². The standard InChI is InChI=1S/C29H40O8/c1-4-8-23-10-14-25(15-11-23)28(30)36-34-27(18-22-33-21-7-20-32-19-6-3)35-37-29(31)26-16-12-24(9-5-2)13-17-26/h10-17,27H,4-9,18-22H2,1-3H3. The summed E-state index contributed by atoms with van der Waals surface area (Å²) in [4.78, 5) is 45.1. The Bertz CT molecular complexity index is 830. The van der Waals surface area contributed by atoms with Crippen LogP contribution >= 0.6 is 0 Å². The molecule has 0 bridgehead atoms. The summed E-state index contributed by atoms with van der Waals surface area (Å²) >= 11 is 0. The third-order valence-corrected chi connectivity index (χ3v) is 5.34. The second-order valence-corrected chi connectivity index (χ2v) is 8.62. The van der Waals surface area contributed by atoms with Gasteiger partial charge in [-0.25, -0.2) is 9.59 Å². The SMILES string of the molecule is CCCOCCCOCCC(OOC(=O)c1ccc(CCC)cc1)OOC(=O)c1ccc(CCC)cc1. The number of carbonyl (C=O) groups excluding carboxylic acids is 2. The lowest BCUT2D eigenvalue weighted by Gasteiger charge is -2.15. The van der Waals surface area contributed by atoms with Crippen LogP contribution in [0.4, 0.5) is 0 Å². The monoisotopic (exact) mass is 516 g/mol. The van der Waals surface area contributed by atoms with Gasteiger partial charge in [0.2, 0.25) is 6.29 Å². The van der Waals surface area contributed by atoms with Crippen molar-refractivity contribution in [3.8, 4) is 0 Å². The van der Waals surface area contributed by atoms with E-state index in [9.17, 15) is 9.59 Å². The zero-order chi connectivity index (χ0) is 26.7. The summed E-state index contributed by atoms with van der Waals surface area (Å²) in [7, 11) is 0. The Morgan fingerprint density at radius 2 is 1.08 bits per heavy atom. The van der Waals surface area contributed by atoms with Crippen LogP contribution in [0.2, 0.25) is 0 Å². The third kappa shape index (κ3) is 12.3. The maximum atomic E-state index is 12.4. The van der Waals surface area contributed by atoms with Gasteiger partial charge in [-0.1, -0.05) is 57.9 Å². The van der Waals surface area contributed by atoms with Gasteiger partial charge in [0.25, 0.3) is 0 Å². The molecular formula is C29H40O8. The minimum absolute atomic E-state index is 0.168. The lowest BCUT2D eigenvalue weighted by Crippen LogP contribution is -2.24. The van der Waals surface area contributed by atoms with Crippen molar-refractivity contribution in [3.63, 3.8) is 0 Å². The smallest absolute Gasteiger partial charge is 0.373 e. The molecule has 0 aliphatic heterocycles. The summed E-state index contributed by atoms with van der Waals surface area (Å²) in [6.45, 7) is 8.31. The highest BCUT2D eigenvalue weighted by Gasteiger charge is 2.20. The first-order valence-corrected chi connectivity index (χ1v) is 13.2. The van der Waals surface area contributed by atoms with E-state index in [1.165, 1.54) is 0 Å². The molecule has 0 saturated carbocycles. The summed E-state index contributed by atoms with van der Waals surface area (Å²) < 4.78 is 11.0. The van der Waals surface area contributed by atoms with Crippen LogP contribution in [-0.2, 0) is 41.9 Å². The van der Waals surface area contributed by atoms with Gasteiger partial charge in [-0.05, 0) is 61.1 Å². The zero-order valence-electron chi connectivity index (χ0n) is 22.2. The maximum absolute atomic E-state index is 12.4. The highest BCUT2D eigenvalue weighted by Crippen LogP contribution is 2.13. The van der Waals surface area contributed by atoms with E-state index >= 15 is 0 Å². The van der Waals surface area contributed by atoms with E-state index in [2.05, 4.69) is 20.8 Å². The molecule has 0 aliphatic rings. The molecule has 8 nitrogen and oxygen atoms in total. The van der Waals surface area contributed by atoms with Gasteiger partial charge < -0.3 is 9.47 Å². The van der Waals surface area contributed by atoms with Gasteiger partial charge in [-0.3, -0.25) is 9.78 Å². The van der Waals surface area contributed by atoms with Crippen LogP contribution in [0.5, 0.6) is 0 Å². The molecule has 0 N–H and O–H groups in total. The van der Waals surface area contributed by atoms with Gasteiger partial charge in [0.15, 0.2) is 0 Å². The van der Waals surface area contributed by atoms with Gasteiger partial charge in [-0.15, -0.1) is 9.78 Å². The number of rotatable bonds is 19. The maximum Gasteiger partial charge on any atom is 0.373 e. The number of carbonyl (C=O) groups is 2. The van der Waals surface area contributed by atoms with Crippen LogP contribution in [-0.4, -0.2) is 44.7 Å². The van der Waals surface area contributed by atoms with Crippen LogP contribution in [0.1, 0.15) is 84.7 Å². The Morgan fingerprint density at radius 1 is 0.622 bits per heavy atom. The van der Waals surface area contributed by atoms with Gasteiger partial charge in [0.1, 0.15) is 0 Å². The normalized spacial score (nSPS) is 11.0. The predicted octanol–water partition coefficient (Wildman–Crippen LogP) is 6.02. The van der Waals surface area contributed by atoms with E-state index in [4.69, 9.17) is 29.0 Å². The number of benzene rings is 2. The summed E-state index contributed by atoms with van der Waals surface area (Å²) in [5.41, 5.74) is 2.94. The third-order valence-electron chi connectivity index (χ3n) is 5.34. The van der Waals surface area contributed by atoms with Crippen molar-refractivity contribution < 1.29 is 38.6 Å². The molecule has 2 rings (SSSR count). The van der Waals surface area contributed by atoms with Crippen molar-refractivity contribution >= 4 is 11.9 Å². The molecule has 0 unspecified atom stereocenters. The lowest BCUT2D eigenvalue weighted by molar-refractivity contribution is -0.422. The second kappa shape index (κ2) is 18.5. The number of ether oxygens (including phenoxy) is 2. The van der Waals surface area contributed by atoms with Crippen molar-refractivity contribution in [3.05, 3.63) is 70.8 Å². The topological polar surface area (TPSA) is 89.5 Å². The van der Waals surface area contributed by atoms with E-state index in [0.717, 1.165) is 56.3 Å². The van der Waals surface area contributed by atoms with Crippen molar-refractivity contribution in [1.82, 2.24) is 0 Å². The van der Waals surface area contributed by atoms with Crippen LogP contribution < -0.4 is 0 Å². The quantitative estimate of drug-likeness (QED) is 0.0969. The molecule has 0 aliphatic carbocycles. The molecule has 0 aromatic heterocycles. The van der Waals surface area contributed by atoms with E-state index in [1.807, 2.05) is 24.3 Å². The molecule has 0 radical (unpaired) electrons. The summed E-state index contributed by atoms with van der Waals surface area (Å²) in [5, 5.41) is 0. The van der Waals surface area contributed by atoms with Crippen LogP contribution in [0.25, 0.3) is 0 Å². The Labute approximate surface area is 220 Å². The molecule has 0 atom stereocenters. The molecule has 0 amide bonds. The molecule has 2 aromatic rings. The average molecular weight is 517 g/mol. The van der Waals surface area contributed by atoms with E-state index in [-0.39, 0.29) is 13.0 Å². The van der Waals surface area contributed by atoms with Crippen molar-refractivity contribution in [2.75, 3.05) is 26.4 Å². The highest BCUT2D eigenvalue weighted by atomic mass is 17.3. The van der Waals surface area contributed by atoms with E-state index < -0.39 is 18.2 Å². The Balaban J connectivity index is 1.86. The molecule has 0 fully saturated rings. The molecule has 8 heteroatoms. The summed E-state index contributed by atoms with van der Waals surface area (Å²) in [5.74, 6) is -1.35. The van der Waals surface area contributed by atoms with Gasteiger partial charge in [0.05, 0.1) is 17.7 Å². The van der Waals surface area contributed by atoms with Crippen molar-refractivity contribution in [2.24, 2.45) is 0 Å². The fraction of sp³-hybridized carbons (Fsp3) is 0.517. The van der Waals surface area contributed by atoms with Gasteiger partial charge in [-0.2, -0.15) is 0 Å². The Kier molecular flexibility index (Phi) is 15.2. The molecule has 0 spiro atoms. The molecule has 0 saturated heterocycles. The first-order valence-electron chi connectivity index (χ1n) is 13.2. The van der Waals surface area contributed by atoms with Crippen molar-refractivity contribution in [2.45, 2.75) is 72.0 Å². The average Bonchev–Trinajstić information content (AvgIpc) is 2.92. The van der Waals surface area contributed by atoms with E-state index in [0.29, 0.717) is 24.3 Å². The van der Waals surface area contributed by atoms with E-state index in [1.54, 1.807) is 24.3 Å². The highest BCUT2D eigenvalue weighted by molar-refractivity contribution is 5.89. The summed E-state index contributed by atoms with van der Waals surface area (Å²) in [6, 6.07) is 14.2. The molecule has 0 heterocycles. The Hall–Kier alpha value is -2.78. The van der Waals surface area contributed by atoms with Gasteiger partial charge >= 0.3 is 11.9 Å². The molecule has 204 valence electrons. The fourth-order valence-electron chi connectivity index (χ4n) is 3.39. The minimum atomic E-state index is -1.16. The predicted molar refractivity (Wildman–Crippen MR) is 139 cm³/mol. The summed E-state index contributed by atoms with van der Waals surface area (Å²) in [6.07, 6.45) is 4.61. The van der Waals surface area contributed by atoms with Crippen molar-refractivity contribution in [1.29, 1.82) is 0 Å². The van der Waals surface area contributed by atoms with Gasteiger partial charge in [0, 0.05) is 26.2 Å². The number of aryl methyl sites for hydroxylation is 2. The molecular weight excluding hydrogens is 476 g/mol. The molecule has 2 aromatic carbocycles. The fourth-order valence-corrected chi connectivity index (χ4v) is 3.39. The zero-order valence-corrected chi connectivity index (χ0v) is 22.2. The first kappa shape index (κ1) is 30.4. The molecule has 37 heavy (non-hydrogen) atoms. The lowest BCUT2D eigenvalue weighted by atomic mass is 10.1. The number of hydrogen-bond acceptors (Lipinski definition) is 8.